The second-order valence-electron chi connectivity index (χ2n) is 14.1. The highest BCUT2D eigenvalue weighted by molar-refractivity contribution is 7.89. The van der Waals surface area contributed by atoms with Gasteiger partial charge in [-0.15, -0.1) is 0 Å². The molecular weight excluding hydrogens is 550 g/mol. The Morgan fingerprint density at radius 2 is 1.60 bits per heavy atom. The minimum atomic E-state index is -3.57. The van der Waals surface area contributed by atoms with E-state index in [9.17, 15) is 13.3 Å². The fourth-order valence-corrected chi connectivity index (χ4v) is 12.2. The van der Waals surface area contributed by atoms with E-state index >= 15 is 0 Å². The van der Waals surface area contributed by atoms with E-state index in [2.05, 4.69) is 19.7 Å². The van der Waals surface area contributed by atoms with Crippen molar-refractivity contribution in [2.45, 2.75) is 134 Å². The molecule has 6 rings (SSSR count). The van der Waals surface area contributed by atoms with Crippen LogP contribution in [0.25, 0.3) is 0 Å². The van der Waals surface area contributed by atoms with Crippen molar-refractivity contribution in [2.24, 2.45) is 16.7 Å². The zero-order valence-corrected chi connectivity index (χ0v) is 26.1. The number of hydrogen-bond donors (Lipinski definition) is 1. The van der Waals surface area contributed by atoms with Crippen LogP contribution in [0.3, 0.4) is 0 Å². The minimum absolute atomic E-state index is 0.0999. The Hall–Kier alpha value is -2.06. The average Bonchev–Trinajstić information content (AvgIpc) is 3.33. The molecule has 1 heterocycles. The van der Waals surface area contributed by atoms with Gasteiger partial charge in [0.25, 0.3) is 11.2 Å². The van der Waals surface area contributed by atoms with Crippen LogP contribution in [0.2, 0.25) is 0 Å². The number of nitrogens with zero attached hydrogens (tertiary/aromatic N) is 2. The van der Waals surface area contributed by atoms with Gasteiger partial charge in [-0.1, -0.05) is 82.7 Å². The van der Waals surface area contributed by atoms with Crippen molar-refractivity contribution >= 4 is 15.9 Å². The van der Waals surface area contributed by atoms with E-state index in [1.807, 2.05) is 34.6 Å². The Morgan fingerprint density at radius 3 is 2.17 bits per heavy atom. The van der Waals surface area contributed by atoms with Gasteiger partial charge < -0.3 is 4.74 Å². The molecule has 1 saturated heterocycles. The normalized spacial score (nSPS) is 34.0. The molecule has 0 unspecified atom stereocenters. The van der Waals surface area contributed by atoms with Crippen LogP contribution in [0.5, 0.6) is 0 Å². The van der Waals surface area contributed by atoms with E-state index in [1.54, 1.807) is 0 Å². The molecule has 4 saturated carbocycles. The average molecular weight is 599 g/mol. The molecule has 9 heteroatoms. The molecule has 0 radical (unpaired) electrons. The lowest BCUT2D eigenvalue weighted by Gasteiger charge is -2.46. The quantitative estimate of drug-likeness (QED) is 0.330. The number of fused-ring (bicyclic) bond motifs is 2. The van der Waals surface area contributed by atoms with E-state index in [1.165, 1.54) is 12.8 Å². The van der Waals surface area contributed by atoms with Gasteiger partial charge in [-0.05, 0) is 61.8 Å². The molecule has 8 nitrogen and oxygen atoms in total. The molecule has 5 fully saturated rings. The fraction of sp³-hybridized carbons (Fsp3) is 0.758. The Morgan fingerprint density at radius 1 is 0.976 bits per heavy atom. The van der Waals surface area contributed by atoms with Crippen LogP contribution in [0.1, 0.15) is 115 Å². The van der Waals surface area contributed by atoms with Gasteiger partial charge in [0.2, 0.25) is 10.0 Å². The molecule has 230 valence electrons. The van der Waals surface area contributed by atoms with Crippen LogP contribution in [-0.2, 0) is 19.6 Å². The van der Waals surface area contributed by atoms with Crippen LogP contribution < -0.4 is 0 Å². The van der Waals surface area contributed by atoms with Crippen molar-refractivity contribution in [3.05, 3.63) is 46.5 Å². The first-order chi connectivity index (χ1) is 20.2. The molecule has 1 aromatic carbocycles. The van der Waals surface area contributed by atoms with E-state index < -0.39 is 21.7 Å². The lowest BCUT2D eigenvalue weighted by molar-refractivity contribution is -0.802. The maximum Gasteiger partial charge on any atom is 0.361 e. The van der Waals surface area contributed by atoms with Gasteiger partial charge in [-0.3, -0.25) is 5.41 Å². The Kier molecular flexibility index (Phi) is 8.42. The second-order valence-corrected chi connectivity index (χ2v) is 16.0. The molecular formula is C33H48N3O5S+. The number of rotatable bonds is 8. The van der Waals surface area contributed by atoms with Crippen molar-refractivity contribution in [2.75, 3.05) is 5.75 Å². The number of allylic oxidation sites excluding steroid dienone is 1. The molecule has 1 aromatic rings. The largest absolute Gasteiger partial charge is 0.361 e. The standard InChI is InChI=1S/C33H48N3O5S/c1-32(2)25-18-19-33(32,23-42(38,39)35(26-14-8-4-9-15-26)27-16-10-5-11-17-27)30(20-25)40-31-21-28(24-12-6-3-7-13-24)29(22-34)36(37)41-31/h3,6-7,12-13,25-28,30-31,34H,4-5,8-11,14-21,23H2,1-2H3/q+1/t25-,28-,30-,31-,33-/m1/s1. The summed E-state index contributed by atoms with van der Waals surface area (Å²) in [6.07, 6.45) is 12.5. The predicted molar refractivity (Wildman–Crippen MR) is 161 cm³/mol. The molecule has 0 amide bonds. The second kappa shape index (κ2) is 11.8. The summed E-state index contributed by atoms with van der Waals surface area (Å²) in [4.78, 5) is 19.0. The Labute approximate surface area is 251 Å². The Balaban J connectivity index is 1.28. The number of ether oxygens (including phenoxy) is 1. The summed E-state index contributed by atoms with van der Waals surface area (Å²) in [5.41, 5.74) is 0.281. The van der Waals surface area contributed by atoms with Crippen LogP contribution in [0.15, 0.2) is 36.0 Å². The molecule has 1 N–H and O–H groups in total. The lowest BCUT2D eigenvalue weighted by atomic mass is 9.69. The fourth-order valence-electron chi connectivity index (χ4n) is 9.37. The third kappa shape index (κ3) is 5.29. The van der Waals surface area contributed by atoms with Gasteiger partial charge in [0.1, 0.15) is 0 Å². The SMILES string of the molecule is CC1(C)[C@@H]2CC[C@@]1(CS(=O)(=O)N(C1CCCCC1)C1CCCCC1)[C@H](O[C@H]1C[C@H](c3ccccc3)C(=C=N)[N+](=O)O1)C2. The molecule has 0 spiro atoms. The summed E-state index contributed by atoms with van der Waals surface area (Å²) < 4.78 is 38.1. The Bertz CT molecular complexity index is 1280. The zero-order valence-electron chi connectivity index (χ0n) is 25.3. The molecule has 5 atom stereocenters. The van der Waals surface area contributed by atoms with Gasteiger partial charge in [0, 0.05) is 23.9 Å². The minimum Gasteiger partial charge on any atom is -0.333 e. The summed E-state index contributed by atoms with van der Waals surface area (Å²) in [7, 11) is -3.57. The summed E-state index contributed by atoms with van der Waals surface area (Å²) in [5, 5.41) is 7.73. The monoisotopic (exact) mass is 598 g/mol. The highest BCUT2D eigenvalue weighted by Crippen LogP contribution is 2.67. The van der Waals surface area contributed by atoms with Crippen molar-refractivity contribution in [1.82, 2.24) is 4.31 Å². The lowest BCUT2D eigenvalue weighted by Crippen LogP contribution is -2.55. The summed E-state index contributed by atoms with van der Waals surface area (Å²) >= 11 is 0. The molecule has 4 aliphatic carbocycles. The first-order valence-corrected chi connectivity index (χ1v) is 17.9. The summed E-state index contributed by atoms with van der Waals surface area (Å²) in [6, 6.07) is 9.86. The smallest absolute Gasteiger partial charge is 0.333 e. The zero-order chi connectivity index (χ0) is 29.5. The molecule has 0 aromatic heterocycles. The third-order valence-corrected chi connectivity index (χ3v) is 13.9. The van der Waals surface area contributed by atoms with Crippen molar-refractivity contribution in [3.8, 4) is 0 Å². The summed E-state index contributed by atoms with van der Waals surface area (Å²) in [6.45, 7) is 4.47. The highest BCUT2D eigenvalue weighted by atomic mass is 32.2. The highest BCUT2D eigenvalue weighted by Gasteiger charge is 2.67. The summed E-state index contributed by atoms with van der Waals surface area (Å²) in [5.74, 6) is 2.37. The number of benzene rings is 1. The first kappa shape index (κ1) is 30.0. The molecule has 2 bridgehead atoms. The van der Waals surface area contributed by atoms with E-state index in [0.29, 0.717) is 17.3 Å². The van der Waals surface area contributed by atoms with Gasteiger partial charge in [0.15, 0.2) is 0 Å². The molecule has 5 aliphatic rings. The van der Waals surface area contributed by atoms with Crippen molar-refractivity contribution in [1.29, 1.82) is 5.41 Å². The number of nitrogens with one attached hydrogen (secondary N) is 1. The van der Waals surface area contributed by atoms with Gasteiger partial charge in [-0.25, -0.2) is 8.42 Å². The first-order valence-electron chi connectivity index (χ1n) is 16.3. The van der Waals surface area contributed by atoms with E-state index in [0.717, 1.165) is 76.2 Å². The van der Waals surface area contributed by atoms with Crippen LogP contribution in [-0.4, -0.2) is 53.7 Å². The molecule has 1 aliphatic heterocycles. The van der Waals surface area contributed by atoms with Crippen LogP contribution >= 0.6 is 0 Å². The van der Waals surface area contributed by atoms with E-state index in [4.69, 9.17) is 15.0 Å². The van der Waals surface area contributed by atoms with Crippen LogP contribution in [0.4, 0.5) is 0 Å². The van der Waals surface area contributed by atoms with Gasteiger partial charge >= 0.3 is 5.70 Å². The third-order valence-electron chi connectivity index (χ3n) is 11.8. The molecule has 42 heavy (non-hydrogen) atoms. The van der Waals surface area contributed by atoms with Gasteiger partial charge in [0.05, 0.1) is 28.6 Å². The number of sulfonamides is 1. The topological polar surface area (TPSA) is 99.8 Å². The van der Waals surface area contributed by atoms with Crippen molar-refractivity contribution in [3.63, 3.8) is 0 Å². The number of hydrogen-bond acceptors (Lipinski definition) is 6. The predicted octanol–water partition coefficient (Wildman–Crippen LogP) is 6.85. The van der Waals surface area contributed by atoms with E-state index in [-0.39, 0.29) is 41.0 Å². The van der Waals surface area contributed by atoms with Gasteiger partial charge in [-0.2, -0.15) is 9.14 Å². The maximum absolute atomic E-state index is 14.7. The maximum atomic E-state index is 14.7. The van der Waals surface area contributed by atoms with Crippen LogP contribution in [0, 0.1) is 27.1 Å². The van der Waals surface area contributed by atoms with Crippen molar-refractivity contribution < 1.29 is 22.9 Å².